The van der Waals surface area contributed by atoms with Crippen molar-refractivity contribution in [3.05, 3.63) is 87.9 Å². The van der Waals surface area contributed by atoms with Crippen molar-refractivity contribution < 1.29 is 14.3 Å². The normalized spacial score (nSPS) is 10.5. The first-order chi connectivity index (χ1) is 15.0. The summed E-state index contributed by atoms with van der Waals surface area (Å²) in [5.41, 5.74) is 4.43. The molecule has 0 fully saturated rings. The lowest BCUT2D eigenvalue weighted by Gasteiger charge is -2.10. The van der Waals surface area contributed by atoms with Crippen LogP contribution < -0.4 is 20.2 Å². The summed E-state index contributed by atoms with van der Waals surface area (Å²) in [4.78, 5) is 12.4. The second-order valence-corrected chi connectivity index (χ2v) is 7.37. The summed E-state index contributed by atoms with van der Waals surface area (Å²) in [5.74, 6) is 0.0454. The molecule has 31 heavy (non-hydrogen) atoms. The summed E-state index contributed by atoms with van der Waals surface area (Å²) < 4.78 is 10.8. The lowest BCUT2D eigenvalue weighted by atomic mass is 10.2. The Bertz CT molecular complexity index is 1140. The molecule has 6 nitrogen and oxygen atoms in total. The van der Waals surface area contributed by atoms with Crippen LogP contribution in [0.25, 0.3) is 0 Å². The van der Waals surface area contributed by atoms with Crippen LogP contribution in [0.1, 0.15) is 15.9 Å². The number of benzene rings is 3. The Morgan fingerprint density at radius 3 is 2.58 bits per heavy atom. The Kier molecular flexibility index (Phi) is 7.83. The second-order valence-electron chi connectivity index (χ2n) is 6.11. The van der Waals surface area contributed by atoms with Gasteiger partial charge in [-0.25, -0.2) is 4.79 Å². The maximum atomic E-state index is 12.4. The van der Waals surface area contributed by atoms with Crippen molar-refractivity contribution in [3.8, 4) is 11.5 Å². The molecule has 0 aliphatic rings. The zero-order valence-electron chi connectivity index (χ0n) is 16.3. The Morgan fingerprint density at radius 2 is 1.84 bits per heavy atom. The number of nitrogens with one attached hydrogen (secondary N) is 2. The Morgan fingerprint density at radius 1 is 1.03 bits per heavy atom. The van der Waals surface area contributed by atoms with E-state index in [4.69, 9.17) is 44.9 Å². The van der Waals surface area contributed by atoms with Crippen LogP contribution in [-0.2, 0) is 0 Å². The average Bonchev–Trinajstić information content (AvgIpc) is 2.75. The molecule has 158 valence electrons. The van der Waals surface area contributed by atoms with Crippen molar-refractivity contribution in [2.45, 2.75) is 0 Å². The van der Waals surface area contributed by atoms with Gasteiger partial charge in [0.15, 0.2) is 16.6 Å². The minimum absolute atomic E-state index is 0.260. The van der Waals surface area contributed by atoms with Gasteiger partial charge < -0.3 is 14.8 Å². The van der Waals surface area contributed by atoms with Gasteiger partial charge in [0, 0.05) is 10.7 Å². The number of carbonyl (C=O) groups excluding carboxylic acids is 1. The van der Waals surface area contributed by atoms with Crippen molar-refractivity contribution in [2.24, 2.45) is 5.10 Å². The molecule has 0 bridgehead atoms. The third-order valence-corrected chi connectivity index (χ3v) is 4.70. The number of methoxy groups -OCH3 is 1. The zero-order valence-corrected chi connectivity index (χ0v) is 18.6. The SMILES string of the molecule is COc1cc(C=NNC(=S)Nc2cccc(Cl)c2)ccc1OC(=O)c1ccccc1Cl. The molecular formula is C22H17Cl2N3O3S. The summed E-state index contributed by atoms with van der Waals surface area (Å²) >= 11 is 17.2. The Labute approximate surface area is 194 Å². The van der Waals surface area contributed by atoms with Crippen LogP contribution in [0, 0.1) is 0 Å². The number of esters is 1. The first kappa shape index (κ1) is 22.6. The first-order valence-electron chi connectivity index (χ1n) is 8.96. The predicted molar refractivity (Wildman–Crippen MR) is 128 cm³/mol. The molecule has 0 amide bonds. The van der Waals surface area contributed by atoms with E-state index in [0.29, 0.717) is 26.5 Å². The van der Waals surface area contributed by atoms with Crippen molar-refractivity contribution >= 4 is 58.4 Å². The molecule has 0 saturated heterocycles. The van der Waals surface area contributed by atoms with Gasteiger partial charge in [0.05, 0.1) is 23.9 Å². The molecule has 3 aromatic rings. The molecule has 0 aliphatic heterocycles. The molecule has 0 radical (unpaired) electrons. The van der Waals surface area contributed by atoms with Crippen molar-refractivity contribution in [1.82, 2.24) is 5.43 Å². The number of hydrogen-bond acceptors (Lipinski definition) is 5. The molecule has 0 unspecified atom stereocenters. The van der Waals surface area contributed by atoms with Crippen LogP contribution in [0.2, 0.25) is 10.0 Å². The third-order valence-electron chi connectivity index (χ3n) is 3.95. The van der Waals surface area contributed by atoms with Crippen LogP contribution in [0.15, 0.2) is 71.8 Å². The fourth-order valence-corrected chi connectivity index (χ4v) is 3.09. The van der Waals surface area contributed by atoms with Gasteiger partial charge in [-0.1, -0.05) is 41.4 Å². The van der Waals surface area contributed by atoms with E-state index in [2.05, 4.69) is 15.8 Å². The first-order valence-corrected chi connectivity index (χ1v) is 10.1. The third kappa shape index (κ3) is 6.42. The van der Waals surface area contributed by atoms with E-state index in [9.17, 15) is 4.79 Å². The topological polar surface area (TPSA) is 71.9 Å². The maximum Gasteiger partial charge on any atom is 0.345 e. The van der Waals surface area contributed by atoms with E-state index in [1.165, 1.54) is 7.11 Å². The van der Waals surface area contributed by atoms with Gasteiger partial charge in [0.25, 0.3) is 0 Å². The van der Waals surface area contributed by atoms with Gasteiger partial charge in [-0.3, -0.25) is 5.43 Å². The smallest absolute Gasteiger partial charge is 0.345 e. The number of carbonyl (C=O) groups is 1. The maximum absolute atomic E-state index is 12.4. The number of rotatable bonds is 6. The van der Waals surface area contributed by atoms with Crippen LogP contribution in [0.5, 0.6) is 11.5 Å². The highest BCUT2D eigenvalue weighted by molar-refractivity contribution is 7.80. The van der Waals surface area contributed by atoms with Crippen LogP contribution in [0.4, 0.5) is 5.69 Å². The van der Waals surface area contributed by atoms with E-state index in [1.807, 2.05) is 12.1 Å². The van der Waals surface area contributed by atoms with E-state index >= 15 is 0 Å². The van der Waals surface area contributed by atoms with Crippen LogP contribution >= 0.6 is 35.4 Å². The molecule has 0 aromatic heterocycles. The fraction of sp³-hybridized carbons (Fsp3) is 0.0455. The quantitative estimate of drug-likeness (QED) is 0.161. The van der Waals surface area contributed by atoms with E-state index < -0.39 is 5.97 Å². The lowest BCUT2D eigenvalue weighted by molar-refractivity contribution is 0.0730. The Balaban J connectivity index is 1.63. The summed E-state index contributed by atoms with van der Waals surface area (Å²) in [6, 6.07) is 18.8. The zero-order chi connectivity index (χ0) is 22.2. The molecule has 0 heterocycles. The highest BCUT2D eigenvalue weighted by atomic mass is 35.5. The van der Waals surface area contributed by atoms with Gasteiger partial charge in [0.2, 0.25) is 0 Å². The molecule has 3 aromatic carbocycles. The number of hydrogen-bond donors (Lipinski definition) is 2. The minimum atomic E-state index is -0.579. The molecule has 0 aliphatic carbocycles. The molecule has 9 heteroatoms. The number of hydrazone groups is 1. The Hall–Kier alpha value is -3.13. The van der Waals surface area contributed by atoms with Gasteiger partial charge in [-0.15, -0.1) is 0 Å². The molecule has 0 spiro atoms. The number of nitrogens with zero attached hydrogens (tertiary/aromatic N) is 1. The summed E-state index contributed by atoms with van der Waals surface area (Å²) in [6.45, 7) is 0. The van der Waals surface area contributed by atoms with Gasteiger partial charge >= 0.3 is 5.97 Å². The summed E-state index contributed by atoms with van der Waals surface area (Å²) in [6.07, 6.45) is 1.55. The minimum Gasteiger partial charge on any atom is -0.493 e. The number of halogens is 2. The highest BCUT2D eigenvalue weighted by Gasteiger charge is 2.15. The average molecular weight is 474 g/mol. The number of anilines is 1. The monoisotopic (exact) mass is 473 g/mol. The second kappa shape index (κ2) is 10.8. The number of ether oxygens (including phenoxy) is 2. The van der Waals surface area contributed by atoms with Crippen LogP contribution in [0.3, 0.4) is 0 Å². The number of thiocarbonyl (C=S) groups is 1. The largest absolute Gasteiger partial charge is 0.493 e. The standard InChI is InChI=1S/C22H17Cl2N3O3S/c1-29-20-11-14(13-25-27-22(31)26-16-6-4-5-15(23)12-16)9-10-19(20)30-21(28)17-7-2-3-8-18(17)24/h2-13H,1H3,(H2,26,27,31). The van der Waals surface area contributed by atoms with E-state index in [-0.39, 0.29) is 11.3 Å². The predicted octanol–water partition coefficient (Wildman–Crippen LogP) is 5.54. The molecule has 2 N–H and O–H groups in total. The van der Waals surface area contributed by atoms with Gasteiger partial charge in [-0.05, 0) is 66.3 Å². The van der Waals surface area contributed by atoms with E-state index in [0.717, 1.165) is 5.69 Å². The lowest BCUT2D eigenvalue weighted by Crippen LogP contribution is -2.23. The molecule has 0 saturated carbocycles. The molecule has 3 rings (SSSR count). The van der Waals surface area contributed by atoms with Gasteiger partial charge in [-0.2, -0.15) is 5.10 Å². The van der Waals surface area contributed by atoms with Crippen molar-refractivity contribution in [2.75, 3.05) is 12.4 Å². The van der Waals surface area contributed by atoms with Gasteiger partial charge in [0.1, 0.15) is 0 Å². The summed E-state index contributed by atoms with van der Waals surface area (Å²) in [7, 11) is 1.48. The molecular weight excluding hydrogens is 457 g/mol. The molecule has 0 atom stereocenters. The summed E-state index contributed by atoms with van der Waals surface area (Å²) in [5, 5.41) is 8.27. The fourth-order valence-electron chi connectivity index (χ4n) is 2.52. The highest BCUT2D eigenvalue weighted by Crippen LogP contribution is 2.29. The van der Waals surface area contributed by atoms with Crippen molar-refractivity contribution in [1.29, 1.82) is 0 Å². The van der Waals surface area contributed by atoms with E-state index in [1.54, 1.807) is 60.8 Å². The van der Waals surface area contributed by atoms with Crippen molar-refractivity contribution in [3.63, 3.8) is 0 Å². The van der Waals surface area contributed by atoms with Crippen LogP contribution in [-0.4, -0.2) is 24.4 Å².